The zero-order valence-corrected chi connectivity index (χ0v) is 12.1. The summed E-state index contributed by atoms with van der Waals surface area (Å²) in [5, 5.41) is 9.01. The topological polar surface area (TPSA) is 79.2 Å². The van der Waals surface area contributed by atoms with E-state index in [-0.39, 0.29) is 17.0 Å². The maximum absolute atomic E-state index is 12.0. The first-order valence-electron chi connectivity index (χ1n) is 5.97. The molecule has 1 rings (SSSR count). The van der Waals surface area contributed by atoms with Crippen LogP contribution in [0.25, 0.3) is 0 Å². The Morgan fingerprint density at radius 3 is 2.63 bits per heavy atom. The quantitative estimate of drug-likeness (QED) is 0.868. The minimum atomic E-state index is -3.48. The highest BCUT2D eigenvalue weighted by molar-refractivity contribution is 7.92. The maximum atomic E-state index is 12.0. The molecule has 0 bridgehead atoms. The summed E-state index contributed by atoms with van der Waals surface area (Å²) in [7, 11) is -2.04. The third kappa shape index (κ3) is 4.45. The van der Waals surface area contributed by atoms with E-state index >= 15 is 0 Å². The molecule has 0 aromatic heterocycles. The zero-order valence-electron chi connectivity index (χ0n) is 11.3. The van der Waals surface area contributed by atoms with Gasteiger partial charge in [0.15, 0.2) is 0 Å². The molecule has 0 aliphatic rings. The number of anilines is 1. The van der Waals surface area contributed by atoms with Crippen LogP contribution in [0.3, 0.4) is 0 Å². The molecule has 0 amide bonds. The van der Waals surface area contributed by atoms with Gasteiger partial charge in [0, 0.05) is 0 Å². The third-order valence-electron chi connectivity index (χ3n) is 2.59. The average molecular weight is 282 g/mol. The molecule has 0 unspecified atom stereocenters. The van der Waals surface area contributed by atoms with Crippen LogP contribution in [-0.4, -0.2) is 21.3 Å². The van der Waals surface area contributed by atoms with E-state index in [2.05, 4.69) is 4.72 Å². The van der Waals surface area contributed by atoms with E-state index < -0.39 is 10.0 Å². The van der Waals surface area contributed by atoms with Crippen molar-refractivity contribution >= 4 is 15.7 Å². The number of methoxy groups -OCH3 is 1. The highest BCUT2D eigenvalue weighted by Gasteiger charge is 2.17. The molecule has 0 heterocycles. The molecule has 1 aromatic carbocycles. The van der Waals surface area contributed by atoms with E-state index in [0.717, 1.165) is 0 Å². The molecular formula is C13H18N2O3S. The highest BCUT2D eigenvalue weighted by Crippen LogP contribution is 2.28. The number of ether oxygens (including phenoxy) is 1. The lowest BCUT2D eigenvalue weighted by Gasteiger charge is -2.13. The predicted molar refractivity (Wildman–Crippen MR) is 74.6 cm³/mol. The summed E-state index contributed by atoms with van der Waals surface area (Å²) in [5.41, 5.74) is 0.448. The van der Waals surface area contributed by atoms with Gasteiger partial charge < -0.3 is 4.74 Å². The van der Waals surface area contributed by atoms with Crippen molar-refractivity contribution in [1.82, 2.24) is 0 Å². The number of hydrogen-bond acceptors (Lipinski definition) is 4. The predicted octanol–water partition coefficient (Wildman–Crippen LogP) is 2.35. The van der Waals surface area contributed by atoms with E-state index in [9.17, 15) is 8.42 Å². The maximum Gasteiger partial charge on any atom is 0.232 e. The molecule has 0 aliphatic carbocycles. The van der Waals surface area contributed by atoms with E-state index in [1.165, 1.54) is 7.11 Å². The largest absolute Gasteiger partial charge is 0.495 e. The summed E-state index contributed by atoms with van der Waals surface area (Å²) in [4.78, 5) is 0. The van der Waals surface area contributed by atoms with Crippen LogP contribution in [0.1, 0.15) is 25.8 Å². The number of para-hydroxylation sites is 1. The molecule has 0 saturated carbocycles. The van der Waals surface area contributed by atoms with Crippen molar-refractivity contribution in [3.05, 3.63) is 23.8 Å². The van der Waals surface area contributed by atoms with Gasteiger partial charge in [0.2, 0.25) is 10.0 Å². The highest BCUT2D eigenvalue weighted by atomic mass is 32.2. The second kappa shape index (κ2) is 6.43. The standard InChI is InChI=1S/C13H18N2O3S/c1-10(2)7-8-19(16,17)15-13-11(9-14)5-4-6-12(13)18-3/h4-6,10,15H,7-8H2,1-3H3. The number of nitrogens with zero attached hydrogens (tertiary/aromatic N) is 1. The SMILES string of the molecule is COc1cccc(C#N)c1NS(=O)(=O)CCC(C)C. The number of nitriles is 1. The van der Waals surface area contributed by atoms with Crippen LogP contribution < -0.4 is 9.46 Å². The fourth-order valence-corrected chi connectivity index (χ4v) is 2.90. The summed E-state index contributed by atoms with van der Waals surface area (Å²) in [6, 6.07) is 6.75. The summed E-state index contributed by atoms with van der Waals surface area (Å²) in [6.45, 7) is 3.92. The molecule has 6 heteroatoms. The van der Waals surface area contributed by atoms with Gasteiger partial charge in [0.25, 0.3) is 0 Å². The lowest BCUT2D eigenvalue weighted by Crippen LogP contribution is -2.19. The first-order chi connectivity index (χ1) is 8.89. The first kappa shape index (κ1) is 15.3. The molecule has 0 radical (unpaired) electrons. The van der Waals surface area contributed by atoms with Crippen molar-refractivity contribution in [2.75, 3.05) is 17.6 Å². The second-order valence-electron chi connectivity index (χ2n) is 4.60. The molecule has 1 aromatic rings. The van der Waals surface area contributed by atoms with Gasteiger partial charge in [-0.05, 0) is 24.5 Å². The van der Waals surface area contributed by atoms with Gasteiger partial charge in [0.1, 0.15) is 17.5 Å². The number of sulfonamides is 1. The third-order valence-corrected chi connectivity index (χ3v) is 3.88. The van der Waals surface area contributed by atoms with Crippen LogP contribution in [0.5, 0.6) is 5.75 Å². The number of nitrogens with one attached hydrogen (secondary N) is 1. The van der Waals surface area contributed by atoms with Crippen molar-refractivity contribution in [3.8, 4) is 11.8 Å². The number of rotatable bonds is 6. The molecule has 0 fully saturated rings. The Labute approximate surface area is 114 Å². The van der Waals surface area contributed by atoms with E-state index in [0.29, 0.717) is 18.1 Å². The number of benzene rings is 1. The fourth-order valence-electron chi connectivity index (χ4n) is 1.50. The van der Waals surface area contributed by atoms with Crippen molar-refractivity contribution < 1.29 is 13.2 Å². The molecule has 5 nitrogen and oxygen atoms in total. The molecule has 19 heavy (non-hydrogen) atoms. The van der Waals surface area contributed by atoms with Crippen molar-refractivity contribution in [1.29, 1.82) is 5.26 Å². The van der Waals surface area contributed by atoms with Crippen molar-refractivity contribution in [2.24, 2.45) is 5.92 Å². The van der Waals surface area contributed by atoms with Gasteiger partial charge in [-0.1, -0.05) is 19.9 Å². The Balaban J connectivity index is 3.02. The summed E-state index contributed by atoms with van der Waals surface area (Å²) < 4.78 is 31.4. The molecule has 0 atom stereocenters. The Morgan fingerprint density at radius 1 is 1.42 bits per heavy atom. The summed E-state index contributed by atoms with van der Waals surface area (Å²) >= 11 is 0. The fraction of sp³-hybridized carbons (Fsp3) is 0.462. The Kier molecular flexibility index (Phi) is 5.19. The van der Waals surface area contributed by atoms with Crippen molar-refractivity contribution in [2.45, 2.75) is 20.3 Å². The lowest BCUT2D eigenvalue weighted by atomic mass is 10.2. The first-order valence-corrected chi connectivity index (χ1v) is 7.62. The number of hydrogen-bond donors (Lipinski definition) is 1. The molecule has 1 N–H and O–H groups in total. The van der Waals surface area contributed by atoms with Gasteiger partial charge in [-0.3, -0.25) is 4.72 Å². The summed E-state index contributed by atoms with van der Waals surface area (Å²) in [5.74, 6) is 0.657. The Morgan fingerprint density at radius 2 is 2.11 bits per heavy atom. The van der Waals surface area contributed by atoms with Crippen LogP contribution >= 0.6 is 0 Å². The van der Waals surface area contributed by atoms with Gasteiger partial charge in [0.05, 0.1) is 18.4 Å². The normalized spacial score (nSPS) is 11.1. The zero-order chi connectivity index (χ0) is 14.5. The van der Waals surface area contributed by atoms with Crippen LogP contribution in [0, 0.1) is 17.2 Å². The lowest BCUT2D eigenvalue weighted by molar-refractivity contribution is 0.416. The minimum absolute atomic E-state index is 0.0214. The average Bonchev–Trinajstić information content (AvgIpc) is 2.36. The van der Waals surface area contributed by atoms with Crippen LogP contribution in [0.2, 0.25) is 0 Å². The molecule has 0 spiro atoms. The Hall–Kier alpha value is -1.74. The molecule has 0 aliphatic heterocycles. The molecular weight excluding hydrogens is 264 g/mol. The van der Waals surface area contributed by atoms with E-state index in [1.807, 2.05) is 19.9 Å². The van der Waals surface area contributed by atoms with Crippen LogP contribution in [-0.2, 0) is 10.0 Å². The molecule has 0 saturated heterocycles. The summed E-state index contributed by atoms with van der Waals surface area (Å²) in [6.07, 6.45) is 0.562. The van der Waals surface area contributed by atoms with Gasteiger partial charge in [-0.2, -0.15) is 5.26 Å². The monoisotopic (exact) mass is 282 g/mol. The molecule has 104 valence electrons. The second-order valence-corrected chi connectivity index (χ2v) is 6.44. The Bertz CT molecular complexity index is 574. The van der Waals surface area contributed by atoms with Gasteiger partial charge in [-0.15, -0.1) is 0 Å². The van der Waals surface area contributed by atoms with E-state index in [1.54, 1.807) is 18.2 Å². The van der Waals surface area contributed by atoms with Gasteiger partial charge >= 0.3 is 0 Å². The van der Waals surface area contributed by atoms with Gasteiger partial charge in [-0.25, -0.2) is 8.42 Å². The minimum Gasteiger partial charge on any atom is -0.495 e. The van der Waals surface area contributed by atoms with Crippen LogP contribution in [0.15, 0.2) is 18.2 Å². The van der Waals surface area contributed by atoms with Crippen LogP contribution in [0.4, 0.5) is 5.69 Å². The van der Waals surface area contributed by atoms with Crippen molar-refractivity contribution in [3.63, 3.8) is 0 Å². The smallest absolute Gasteiger partial charge is 0.232 e. The van der Waals surface area contributed by atoms with E-state index in [4.69, 9.17) is 10.00 Å².